The molecule has 3 heterocycles. The summed E-state index contributed by atoms with van der Waals surface area (Å²) in [7, 11) is -3.81. The minimum Gasteiger partial charge on any atom is -0.383 e. The lowest BCUT2D eigenvalue weighted by molar-refractivity contribution is 0.532. The van der Waals surface area contributed by atoms with Gasteiger partial charge in [0.25, 0.3) is 10.0 Å². The zero-order valence-corrected chi connectivity index (χ0v) is 21.1. The molecule has 2 aromatic carbocycles. The summed E-state index contributed by atoms with van der Waals surface area (Å²) in [6.07, 6.45) is 8.13. The number of nitrogens with zero attached hydrogens (tertiary/aromatic N) is 4. The maximum atomic E-state index is 12.9. The third kappa shape index (κ3) is 3.86. The van der Waals surface area contributed by atoms with E-state index in [0.717, 1.165) is 35.0 Å². The van der Waals surface area contributed by atoms with Gasteiger partial charge in [0.2, 0.25) is 0 Å². The number of halogens is 1. The summed E-state index contributed by atoms with van der Waals surface area (Å²) < 4.78 is 30.6. The van der Waals surface area contributed by atoms with Gasteiger partial charge in [-0.25, -0.2) is 23.4 Å². The van der Waals surface area contributed by atoms with E-state index in [1.807, 2.05) is 13.1 Å². The number of aromatic nitrogens is 5. The number of anilines is 2. The largest absolute Gasteiger partial charge is 0.383 e. The van der Waals surface area contributed by atoms with E-state index in [0.29, 0.717) is 39.4 Å². The first-order chi connectivity index (χ1) is 17.3. The summed E-state index contributed by atoms with van der Waals surface area (Å²) in [5, 5.41) is 1.16. The number of aromatic amines is 1. The Morgan fingerprint density at radius 2 is 1.94 bits per heavy atom. The molecule has 5 aromatic rings. The molecule has 1 aliphatic carbocycles. The summed E-state index contributed by atoms with van der Waals surface area (Å²) in [4.78, 5) is 16.9. The molecule has 184 valence electrons. The van der Waals surface area contributed by atoms with Crippen molar-refractivity contribution in [1.82, 2.24) is 24.5 Å². The van der Waals surface area contributed by atoms with Crippen LogP contribution in [-0.2, 0) is 10.0 Å². The van der Waals surface area contributed by atoms with Crippen molar-refractivity contribution in [1.29, 1.82) is 0 Å². The molecule has 0 bridgehead atoms. The maximum absolute atomic E-state index is 12.9. The second-order valence-corrected chi connectivity index (χ2v) is 11.3. The lowest BCUT2D eigenvalue weighted by Crippen LogP contribution is -2.13. The monoisotopic (exact) mass is 521 g/mol. The van der Waals surface area contributed by atoms with Crippen molar-refractivity contribution in [2.45, 2.75) is 43.5 Å². The van der Waals surface area contributed by atoms with Gasteiger partial charge in [-0.05, 0) is 55.7 Å². The number of nitrogens with two attached hydrogens (primary N) is 1. The number of aryl methyl sites for hydroxylation is 1. The molecular formula is C25H24ClN7O2S. The Labute approximate surface area is 212 Å². The molecule has 0 radical (unpaired) electrons. The van der Waals surface area contributed by atoms with Gasteiger partial charge in [0, 0.05) is 22.8 Å². The summed E-state index contributed by atoms with van der Waals surface area (Å²) in [5.41, 5.74) is 10.5. The molecule has 36 heavy (non-hydrogen) atoms. The number of hydrogen-bond acceptors (Lipinski definition) is 6. The standard InChI is InChI=1S/C25H24ClN7O2S/c1-14-6-8-17(11-19(14)26)36(34,35)32-15-7-9-20-21(10-15)31-24(30-20)18-12-33(16-4-2-3-5-16)25-22(18)23(27)28-13-29-25/h6-13,16,32H,2-5H2,1H3,(H,30,31)(H2,27,28,29). The van der Waals surface area contributed by atoms with Crippen LogP contribution in [-0.4, -0.2) is 32.9 Å². The fraction of sp³-hybridized carbons (Fsp3) is 0.240. The molecule has 4 N–H and O–H groups in total. The Morgan fingerprint density at radius 1 is 1.14 bits per heavy atom. The lowest BCUT2D eigenvalue weighted by atomic mass is 10.2. The van der Waals surface area contributed by atoms with Crippen LogP contribution in [0.3, 0.4) is 0 Å². The third-order valence-electron chi connectivity index (χ3n) is 6.80. The van der Waals surface area contributed by atoms with Gasteiger partial charge in [0.05, 0.1) is 27.0 Å². The van der Waals surface area contributed by atoms with Gasteiger partial charge in [-0.1, -0.05) is 30.5 Å². The second-order valence-electron chi connectivity index (χ2n) is 9.18. The van der Waals surface area contributed by atoms with Crippen molar-refractivity contribution in [3.8, 4) is 11.4 Å². The van der Waals surface area contributed by atoms with Gasteiger partial charge in [-0.15, -0.1) is 0 Å². The van der Waals surface area contributed by atoms with Gasteiger partial charge in [0.15, 0.2) is 0 Å². The minimum absolute atomic E-state index is 0.0960. The molecule has 0 amide bonds. The SMILES string of the molecule is Cc1ccc(S(=O)(=O)Nc2ccc3nc(-c4cn(C5CCCC5)c5ncnc(N)c45)[nH]c3c2)cc1Cl. The van der Waals surface area contributed by atoms with E-state index in [9.17, 15) is 8.42 Å². The Balaban J connectivity index is 1.39. The van der Waals surface area contributed by atoms with E-state index in [1.165, 1.54) is 31.3 Å². The molecule has 11 heteroatoms. The Kier molecular flexibility index (Phi) is 5.38. The fourth-order valence-corrected chi connectivity index (χ4v) is 6.22. The van der Waals surface area contributed by atoms with Gasteiger partial charge < -0.3 is 15.3 Å². The molecule has 0 aliphatic heterocycles. The number of nitrogen functional groups attached to an aromatic ring is 1. The third-order valence-corrected chi connectivity index (χ3v) is 8.59. The Hall–Kier alpha value is -3.63. The first-order valence-corrected chi connectivity index (χ1v) is 13.6. The predicted molar refractivity (Wildman–Crippen MR) is 142 cm³/mol. The van der Waals surface area contributed by atoms with Crippen LogP contribution in [0.4, 0.5) is 11.5 Å². The number of rotatable bonds is 5. The Bertz CT molecular complexity index is 1740. The van der Waals surface area contributed by atoms with Gasteiger partial charge in [-0.2, -0.15) is 0 Å². The zero-order valence-electron chi connectivity index (χ0n) is 19.5. The first kappa shape index (κ1) is 22.8. The molecule has 0 atom stereocenters. The average Bonchev–Trinajstić information content (AvgIpc) is 3.58. The fourth-order valence-electron chi connectivity index (χ4n) is 4.90. The summed E-state index contributed by atoms with van der Waals surface area (Å²) in [5.74, 6) is 1.02. The number of hydrogen-bond donors (Lipinski definition) is 3. The zero-order chi connectivity index (χ0) is 25.0. The van der Waals surface area contributed by atoms with Crippen LogP contribution in [0.15, 0.2) is 53.8 Å². The van der Waals surface area contributed by atoms with Gasteiger partial charge in [-0.3, -0.25) is 4.72 Å². The van der Waals surface area contributed by atoms with Crippen molar-refractivity contribution in [3.63, 3.8) is 0 Å². The topological polar surface area (TPSA) is 132 Å². The number of fused-ring (bicyclic) bond motifs is 2. The molecular weight excluding hydrogens is 498 g/mol. The molecule has 1 saturated carbocycles. The molecule has 1 aliphatic rings. The number of sulfonamides is 1. The first-order valence-electron chi connectivity index (χ1n) is 11.7. The van der Waals surface area contributed by atoms with Crippen molar-refractivity contribution in [3.05, 3.63) is 59.5 Å². The van der Waals surface area contributed by atoms with Crippen molar-refractivity contribution in [2.75, 3.05) is 10.5 Å². The van der Waals surface area contributed by atoms with Crippen molar-refractivity contribution >= 4 is 55.2 Å². The molecule has 0 saturated heterocycles. The lowest BCUT2D eigenvalue weighted by Gasteiger charge is -2.12. The van der Waals surface area contributed by atoms with Crippen LogP contribution in [0.2, 0.25) is 5.02 Å². The van der Waals surface area contributed by atoms with E-state index in [-0.39, 0.29) is 4.90 Å². The van der Waals surface area contributed by atoms with Gasteiger partial charge in [0.1, 0.15) is 23.6 Å². The van der Waals surface area contributed by atoms with Crippen LogP contribution in [0.5, 0.6) is 0 Å². The highest BCUT2D eigenvalue weighted by molar-refractivity contribution is 7.92. The molecule has 6 rings (SSSR count). The summed E-state index contributed by atoms with van der Waals surface area (Å²) in [6, 6.07) is 10.2. The molecule has 1 fully saturated rings. The Morgan fingerprint density at radius 3 is 2.72 bits per heavy atom. The minimum atomic E-state index is -3.81. The summed E-state index contributed by atoms with van der Waals surface area (Å²) in [6.45, 7) is 1.82. The number of H-pyrrole nitrogens is 1. The highest BCUT2D eigenvalue weighted by Gasteiger charge is 2.24. The summed E-state index contributed by atoms with van der Waals surface area (Å²) >= 11 is 6.13. The molecule has 0 unspecified atom stereocenters. The smallest absolute Gasteiger partial charge is 0.261 e. The van der Waals surface area contributed by atoms with E-state index in [2.05, 4.69) is 24.2 Å². The highest BCUT2D eigenvalue weighted by Crippen LogP contribution is 2.38. The second kappa shape index (κ2) is 8.49. The average molecular weight is 522 g/mol. The number of nitrogens with one attached hydrogen (secondary N) is 2. The van der Waals surface area contributed by atoms with Gasteiger partial charge >= 0.3 is 0 Å². The quantitative estimate of drug-likeness (QED) is 0.282. The molecule has 0 spiro atoms. The normalized spacial score (nSPS) is 14.7. The van der Waals surface area contributed by atoms with E-state index >= 15 is 0 Å². The predicted octanol–water partition coefficient (Wildman–Crippen LogP) is 5.43. The van der Waals surface area contributed by atoms with Crippen LogP contribution in [0, 0.1) is 6.92 Å². The van der Waals surface area contributed by atoms with Crippen molar-refractivity contribution in [2.24, 2.45) is 0 Å². The highest BCUT2D eigenvalue weighted by atomic mass is 35.5. The van der Waals surface area contributed by atoms with E-state index in [4.69, 9.17) is 22.3 Å². The van der Waals surface area contributed by atoms with Crippen LogP contribution >= 0.6 is 11.6 Å². The van der Waals surface area contributed by atoms with Crippen molar-refractivity contribution < 1.29 is 8.42 Å². The van der Waals surface area contributed by atoms with Crippen LogP contribution < -0.4 is 10.5 Å². The van der Waals surface area contributed by atoms with Crippen LogP contribution in [0.1, 0.15) is 37.3 Å². The maximum Gasteiger partial charge on any atom is 0.261 e. The number of benzene rings is 2. The number of imidazole rings is 1. The molecule has 3 aromatic heterocycles. The van der Waals surface area contributed by atoms with Crippen LogP contribution in [0.25, 0.3) is 33.5 Å². The molecule has 9 nitrogen and oxygen atoms in total. The van der Waals surface area contributed by atoms with E-state index < -0.39 is 10.0 Å². The van der Waals surface area contributed by atoms with E-state index in [1.54, 1.807) is 24.3 Å².